The Morgan fingerprint density at radius 3 is 2.33 bits per heavy atom. The fourth-order valence-corrected chi connectivity index (χ4v) is 0.824. The molecule has 0 aliphatic carbocycles. The molecule has 0 atom stereocenters. The lowest BCUT2D eigenvalue weighted by Gasteiger charge is -1.97. The van der Waals surface area contributed by atoms with Crippen LogP contribution in [0.4, 0.5) is 13.2 Å². The molecule has 0 aliphatic heterocycles. The molecule has 1 rings (SSSR count). The molecule has 0 aliphatic rings. The van der Waals surface area contributed by atoms with Gasteiger partial charge in [0, 0.05) is 0 Å². The van der Waals surface area contributed by atoms with Gasteiger partial charge >= 0.3 is 6.04 Å². The van der Waals surface area contributed by atoms with E-state index in [-0.39, 0.29) is 0 Å². The van der Waals surface area contributed by atoms with Gasteiger partial charge in [0.2, 0.25) is 0 Å². The Kier molecular flexibility index (Phi) is 2.38. The fourth-order valence-electron chi connectivity index (χ4n) is 0.673. The van der Waals surface area contributed by atoms with Crippen molar-refractivity contribution in [1.29, 1.82) is 0 Å². The minimum absolute atomic E-state index is 0.417. The van der Waals surface area contributed by atoms with Gasteiger partial charge in [-0.25, -0.2) is 8.78 Å². The fraction of sp³-hybridized carbons (Fsp3) is 0. The average Bonchev–Trinajstić information content (AvgIpc) is 1.96. The first-order valence-electron chi connectivity index (χ1n) is 2.86. The van der Waals surface area contributed by atoms with Crippen LogP contribution < -0.4 is 0 Å². The van der Waals surface area contributed by atoms with Crippen LogP contribution in [0.2, 0.25) is 5.02 Å². The van der Waals surface area contributed by atoms with E-state index in [1.807, 2.05) is 0 Å². The number of halogens is 4. The Balaban J connectivity index is 3.33. The molecule has 0 N–H and O–H groups in total. The lowest BCUT2D eigenvalue weighted by Crippen LogP contribution is -1.96. The summed E-state index contributed by atoms with van der Waals surface area (Å²) in [6.45, 7) is 0. The summed E-state index contributed by atoms with van der Waals surface area (Å²) in [5, 5.41) is -0.488. The van der Waals surface area contributed by atoms with Gasteiger partial charge in [0.05, 0.1) is 10.6 Å². The maximum absolute atomic E-state index is 12.6. The van der Waals surface area contributed by atoms with Gasteiger partial charge in [-0.05, 0) is 12.1 Å². The summed E-state index contributed by atoms with van der Waals surface area (Å²) >= 11 is 5.14. The van der Waals surface area contributed by atoms with Crippen molar-refractivity contribution in [3.05, 3.63) is 34.4 Å². The largest absolute Gasteiger partial charge is 0.335 e. The highest BCUT2D eigenvalue weighted by Gasteiger charge is 2.14. The molecule has 12 heavy (non-hydrogen) atoms. The number of carbonyl (C=O) groups excluding carboxylic acids is 1. The molecule has 1 nitrogen and oxygen atoms in total. The van der Waals surface area contributed by atoms with Crippen LogP contribution in [-0.2, 0) is 0 Å². The molecular weight excluding hydrogens is 193 g/mol. The normalized spacial score (nSPS) is 10.0. The van der Waals surface area contributed by atoms with Crippen molar-refractivity contribution in [3.8, 4) is 0 Å². The van der Waals surface area contributed by atoms with Gasteiger partial charge < -0.3 is 0 Å². The highest BCUT2D eigenvalue weighted by atomic mass is 35.5. The molecule has 1 aromatic rings. The molecule has 64 valence electrons. The van der Waals surface area contributed by atoms with Gasteiger partial charge in [-0.15, -0.1) is 0 Å². The third kappa shape index (κ3) is 1.58. The van der Waals surface area contributed by atoms with Crippen LogP contribution in [0.15, 0.2) is 12.1 Å². The molecule has 0 aromatic heterocycles. The SMILES string of the molecule is O=C(F)c1cc(F)c(Cl)cc1F. The second-order valence-corrected chi connectivity index (χ2v) is 2.43. The average molecular weight is 195 g/mol. The zero-order chi connectivity index (χ0) is 9.30. The molecule has 0 saturated heterocycles. The lowest BCUT2D eigenvalue weighted by molar-refractivity contribution is 0.0831. The highest BCUT2D eigenvalue weighted by molar-refractivity contribution is 6.30. The van der Waals surface area contributed by atoms with Gasteiger partial charge in [-0.1, -0.05) is 11.6 Å². The Bertz CT molecular complexity index is 338. The van der Waals surface area contributed by atoms with Crippen molar-refractivity contribution in [2.45, 2.75) is 0 Å². The predicted octanol–water partition coefficient (Wildman–Crippen LogP) is 2.73. The van der Waals surface area contributed by atoms with Gasteiger partial charge in [-0.2, -0.15) is 4.39 Å². The van der Waals surface area contributed by atoms with Crippen LogP contribution in [0.25, 0.3) is 0 Å². The standard InChI is InChI=1S/C7H2ClF3O/c8-4-2-5(9)3(7(11)12)1-6(4)10/h1-2H. The van der Waals surface area contributed by atoms with Gasteiger partial charge in [0.1, 0.15) is 11.6 Å². The minimum atomic E-state index is -2.02. The first-order chi connectivity index (χ1) is 5.52. The summed E-state index contributed by atoms with van der Waals surface area (Å²) < 4.78 is 37.0. The van der Waals surface area contributed by atoms with Crippen molar-refractivity contribution in [1.82, 2.24) is 0 Å². The maximum atomic E-state index is 12.6. The smallest absolute Gasteiger partial charge is 0.255 e. The lowest BCUT2D eigenvalue weighted by atomic mass is 10.2. The first-order valence-corrected chi connectivity index (χ1v) is 3.24. The van der Waals surface area contributed by atoms with E-state index in [0.29, 0.717) is 12.1 Å². The van der Waals surface area contributed by atoms with Crippen LogP contribution in [-0.4, -0.2) is 6.04 Å². The van der Waals surface area contributed by atoms with Crippen molar-refractivity contribution in [2.24, 2.45) is 0 Å². The molecule has 0 bridgehead atoms. The predicted molar refractivity (Wildman–Crippen MR) is 36.8 cm³/mol. The van der Waals surface area contributed by atoms with Crippen LogP contribution in [0.3, 0.4) is 0 Å². The van der Waals surface area contributed by atoms with E-state index >= 15 is 0 Å². The topological polar surface area (TPSA) is 17.1 Å². The quantitative estimate of drug-likeness (QED) is 0.496. The summed E-state index contributed by atoms with van der Waals surface area (Å²) in [6, 6.07) is -1.06. The molecule has 0 amide bonds. The summed E-state index contributed by atoms with van der Waals surface area (Å²) in [5.41, 5.74) is -0.947. The van der Waals surface area contributed by atoms with E-state index in [4.69, 9.17) is 11.6 Å². The van der Waals surface area contributed by atoms with Crippen molar-refractivity contribution < 1.29 is 18.0 Å². The second-order valence-electron chi connectivity index (χ2n) is 2.02. The van der Waals surface area contributed by atoms with Gasteiger partial charge in [0.15, 0.2) is 0 Å². The Hall–Kier alpha value is -1.03. The zero-order valence-corrected chi connectivity index (χ0v) is 6.33. The Labute approximate surface area is 70.8 Å². The van der Waals surface area contributed by atoms with Crippen molar-refractivity contribution in [2.75, 3.05) is 0 Å². The first kappa shape index (κ1) is 9.06. The molecule has 1 aromatic carbocycles. The Morgan fingerprint density at radius 1 is 1.25 bits per heavy atom. The highest BCUT2D eigenvalue weighted by Crippen LogP contribution is 2.19. The number of benzene rings is 1. The summed E-state index contributed by atoms with van der Waals surface area (Å²) in [4.78, 5) is 10.0. The Morgan fingerprint density at radius 2 is 1.83 bits per heavy atom. The molecule has 0 spiro atoms. The molecule has 0 heterocycles. The third-order valence-corrected chi connectivity index (χ3v) is 1.51. The van der Waals surface area contributed by atoms with E-state index in [2.05, 4.69) is 0 Å². The van der Waals surface area contributed by atoms with Crippen LogP contribution >= 0.6 is 11.6 Å². The molecule has 5 heteroatoms. The van der Waals surface area contributed by atoms with E-state index < -0.39 is 28.3 Å². The number of hydrogen-bond acceptors (Lipinski definition) is 1. The van der Waals surface area contributed by atoms with E-state index in [1.165, 1.54) is 0 Å². The van der Waals surface area contributed by atoms with Gasteiger partial charge in [-0.3, -0.25) is 4.79 Å². The van der Waals surface area contributed by atoms with Gasteiger partial charge in [0.25, 0.3) is 0 Å². The van der Waals surface area contributed by atoms with E-state index in [9.17, 15) is 18.0 Å². The molecule has 0 fully saturated rings. The zero-order valence-electron chi connectivity index (χ0n) is 5.57. The molecule has 0 saturated carbocycles. The van der Waals surface area contributed by atoms with Crippen molar-refractivity contribution >= 4 is 17.6 Å². The number of carbonyl (C=O) groups is 1. The monoisotopic (exact) mass is 194 g/mol. The van der Waals surface area contributed by atoms with Crippen LogP contribution in [0.5, 0.6) is 0 Å². The second kappa shape index (κ2) is 3.15. The van der Waals surface area contributed by atoms with E-state index in [1.54, 1.807) is 0 Å². The minimum Gasteiger partial charge on any atom is -0.255 e. The number of rotatable bonds is 1. The van der Waals surface area contributed by atoms with Crippen LogP contribution in [0, 0.1) is 11.6 Å². The maximum Gasteiger partial charge on any atom is 0.335 e. The summed E-state index contributed by atoms with van der Waals surface area (Å²) in [6.07, 6.45) is 0. The molecule has 0 unspecified atom stereocenters. The van der Waals surface area contributed by atoms with E-state index in [0.717, 1.165) is 0 Å². The molecule has 0 radical (unpaired) electrons. The third-order valence-electron chi connectivity index (χ3n) is 1.22. The number of hydrogen-bond donors (Lipinski definition) is 0. The molecular formula is C7H2ClF3O. The van der Waals surface area contributed by atoms with Crippen molar-refractivity contribution in [3.63, 3.8) is 0 Å². The summed E-state index contributed by atoms with van der Waals surface area (Å²) in [7, 11) is 0. The van der Waals surface area contributed by atoms with Crippen LogP contribution in [0.1, 0.15) is 10.4 Å². The summed E-state index contributed by atoms with van der Waals surface area (Å²) in [5.74, 6) is -2.20.